The molecular weight excluding hydrogens is 374 g/mol. The van der Waals surface area contributed by atoms with E-state index in [9.17, 15) is 9.90 Å². The van der Waals surface area contributed by atoms with E-state index >= 15 is 0 Å². The Morgan fingerprint density at radius 3 is 2.71 bits per heavy atom. The fourth-order valence-corrected chi connectivity index (χ4v) is 2.13. The van der Waals surface area contributed by atoms with E-state index in [4.69, 9.17) is 4.74 Å². The van der Waals surface area contributed by atoms with Gasteiger partial charge >= 0.3 is 0 Å². The molecule has 0 saturated heterocycles. The number of halogens is 1. The van der Waals surface area contributed by atoms with Crippen molar-refractivity contribution in [3.8, 4) is 11.5 Å². The van der Waals surface area contributed by atoms with Crippen molar-refractivity contribution < 1.29 is 14.6 Å². The Hall–Kier alpha value is -2.54. The van der Waals surface area contributed by atoms with Gasteiger partial charge in [0.25, 0.3) is 5.91 Å². The molecule has 1 amide bonds. The standard InChI is InChI=1S/C17H18BrN3O3/c1-2-24-16-8-3-12(9-15(16)22)10-20-21-17(23)11-19-14-6-4-13(18)5-7-14/h3-10,19,22H,2,11H2,1H3,(H,21,23). The SMILES string of the molecule is CCOc1ccc(C=NNC(=O)CNc2ccc(Br)cc2)cc1O. The maximum absolute atomic E-state index is 11.7. The molecule has 2 aromatic carbocycles. The third-order valence-electron chi connectivity index (χ3n) is 2.98. The number of aromatic hydroxyl groups is 1. The quantitative estimate of drug-likeness (QED) is 0.500. The van der Waals surface area contributed by atoms with Gasteiger partial charge in [-0.05, 0) is 55.0 Å². The summed E-state index contributed by atoms with van der Waals surface area (Å²) in [6, 6.07) is 12.4. The number of rotatable bonds is 7. The highest BCUT2D eigenvalue weighted by Gasteiger charge is 2.02. The molecule has 0 heterocycles. The Morgan fingerprint density at radius 1 is 1.29 bits per heavy atom. The summed E-state index contributed by atoms with van der Waals surface area (Å²) in [7, 11) is 0. The smallest absolute Gasteiger partial charge is 0.259 e. The first-order chi connectivity index (χ1) is 11.6. The molecule has 0 aliphatic heterocycles. The Bertz CT molecular complexity index is 718. The number of nitrogens with zero attached hydrogens (tertiary/aromatic N) is 1. The van der Waals surface area contributed by atoms with E-state index in [1.165, 1.54) is 12.3 Å². The molecule has 0 radical (unpaired) electrons. The summed E-state index contributed by atoms with van der Waals surface area (Å²) in [6.07, 6.45) is 1.45. The number of nitrogens with one attached hydrogen (secondary N) is 2. The van der Waals surface area contributed by atoms with E-state index in [1.807, 2.05) is 31.2 Å². The average Bonchev–Trinajstić information content (AvgIpc) is 2.57. The molecule has 0 spiro atoms. The van der Waals surface area contributed by atoms with Crippen molar-refractivity contribution in [3.05, 3.63) is 52.5 Å². The number of amides is 1. The van der Waals surface area contributed by atoms with Crippen molar-refractivity contribution in [2.45, 2.75) is 6.92 Å². The number of carbonyl (C=O) groups excluding carboxylic acids is 1. The number of benzene rings is 2. The molecule has 0 saturated carbocycles. The lowest BCUT2D eigenvalue weighted by atomic mass is 10.2. The van der Waals surface area contributed by atoms with E-state index in [1.54, 1.807) is 12.1 Å². The molecular formula is C17H18BrN3O3. The van der Waals surface area contributed by atoms with Crippen LogP contribution in [-0.4, -0.2) is 30.4 Å². The second kappa shape index (κ2) is 8.93. The molecule has 126 valence electrons. The van der Waals surface area contributed by atoms with Gasteiger partial charge in [-0.15, -0.1) is 0 Å². The number of anilines is 1. The van der Waals surface area contributed by atoms with Gasteiger partial charge in [-0.3, -0.25) is 4.79 Å². The number of hydrogen-bond acceptors (Lipinski definition) is 5. The van der Waals surface area contributed by atoms with Gasteiger partial charge in [0.15, 0.2) is 11.5 Å². The Labute approximate surface area is 148 Å². The summed E-state index contributed by atoms with van der Waals surface area (Å²) in [5, 5.41) is 16.6. The molecule has 0 aromatic heterocycles. The van der Waals surface area contributed by atoms with Gasteiger partial charge < -0.3 is 15.2 Å². The van der Waals surface area contributed by atoms with Crippen LogP contribution < -0.4 is 15.5 Å². The van der Waals surface area contributed by atoms with Crippen LogP contribution in [0, 0.1) is 0 Å². The number of phenolic OH excluding ortho intramolecular Hbond substituents is 1. The van der Waals surface area contributed by atoms with Gasteiger partial charge in [0.2, 0.25) is 0 Å². The normalized spacial score (nSPS) is 10.6. The lowest BCUT2D eigenvalue weighted by Gasteiger charge is -2.06. The number of hydrazone groups is 1. The highest BCUT2D eigenvalue weighted by molar-refractivity contribution is 9.10. The molecule has 0 unspecified atom stereocenters. The molecule has 0 aliphatic rings. The van der Waals surface area contributed by atoms with Crippen LogP contribution in [-0.2, 0) is 4.79 Å². The van der Waals surface area contributed by atoms with Gasteiger partial charge in [0, 0.05) is 10.2 Å². The first-order valence-electron chi connectivity index (χ1n) is 7.35. The lowest BCUT2D eigenvalue weighted by Crippen LogP contribution is -2.25. The van der Waals surface area contributed by atoms with Gasteiger partial charge in [-0.25, -0.2) is 5.43 Å². The highest BCUT2D eigenvalue weighted by atomic mass is 79.9. The van der Waals surface area contributed by atoms with E-state index in [-0.39, 0.29) is 18.2 Å². The minimum absolute atomic E-state index is 0.0315. The van der Waals surface area contributed by atoms with Crippen molar-refractivity contribution in [1.82, 2.24) is 5.43 Å². The monoisotopic (exact) mass is 391 g/mol. The maximum Gasteiger partial charge on any atom is 0.259 e. The van der Waals surface area contributed by atoms with Gasteiger partial charge in [0.1, 0.15) is 0 Å². The van der Waals surface area contributed by atoms with Crippen molar-refractivity contribution in [2.75, 3.05) is 18.5 Å². The first-order valence-corrected chi connectivity index (χ1v) is 8.15. The van der Waals surface area contributed by atoms with Crippen LogP contribution in [0.25, 0.3) is 0 Å². The molecule has 0 fully saturated rings. The highest BCUT2D eigenvalue weighted by Crippen LogP contribution is 2.26. The van der Waals surface area contributed by atoms with E-state index < -0.39 is 0 Å². The molecule has 6 nitrogen and oxygen atoms in total. The van der Waals surface area contributed by atoms with Crippen LogP contribution in [0.1, 0.15) is 12.5 Å². The molecule has 0 atom stereocenters. The topological polar surface area (TPSA) is 83.0 Å². The summed E-state index contributed by atoms with van der Waals surface area (Å²) in [5.41, 5.74) is 3.91. The Morgan fingerprint density at radius 2 is 2.04 bits per heavy atom. The van der Waals surface area contributed by atoms with Crippen LogP contribution in [0.2, 0.25) is 0 Å². The van der Waals surface area contributed by atoms with Crippen LogP contribution in [0.5, 0.6) is 11.5 Å². The van der Waals surface area contributed by atoms with Crippen molar-refractivity contribution in [1.29, 1.82) is 0 Å². The summed E-state index contributed by atoms with van der Waals surface area (Å²) >= 11 is 3.35. The van der Waals surface area contributed by atoms with Crippen LogP contribution in [0.4, 0.5) is 5.69 Å². The molecule has 2 aromatic rings. The summed E-state index contributed by atoms with van der Waals surface area (Å²) in [4.78, 5) is 11.7. The summed E-state index contributed by atoms with van der Waals surface area (Å²) in [6.45, 7) is 2.42. The lowest BCUT2D eigenvalue weighted by molar-refractivity contribution is -0.119. The Kier molecular flexibility index (Phi) is 6.62. The zero-order valence-corrected chi connectivity index (χ0v) is 14.7. The van der Waals surface area contributed by atoms with Crippen molar-refractivity contribution >= 4 is 33.7 Å². The summed E-state index contributed by atoms with van der Waals surface area (Å²) in [5.74, 6) is 0.172. The van der Waals surface area contributed by atoms with Crippen LogP contribution in [0.3, 0.4) is 0 Å². The third kappa shape index (κ3) is 5.58. The largest absolute Gasteiger partial charge is 0.504 e. The molecule has 2 rings (SSSR count). The van der Waals surface area contributed by atoms with E-state index in [0.29, 0.717) is 17.9 Å². The van der Waals surface area contributed by atoms with Gasteiger partial charge in [0.05, 0.1) is 19.4 Å². The second-order valence-electron chi connectivity index (χ2n) is 4.81. The zero-order valence-electron chi connectivity index (χ0n) is 13.1. The third-order valence-corrected chi connectivity index (χ3v) is 3.51. The fourth-order valence-electron chi connectivity index (χ4n) is 1.86. The van der Waals surface area contributed by atoms with E-state index in [2.05, 4.69) is 31.8 Å². The van der Waals surface area contributed by atoms with Crippen molar-refractivity contribution in [2.24, 2.45) is 5.10 Å². The van der Waals surface area contributed by atoms with E-state index in [0.717, 1.165) is 10.2 Å². The Balaban J connectivity index is 1.81. The zero-order chi connectivity index (χ0) is 17.4. The predicted octanol–water partition coefficient (Wildman–Crippen LogP) is 3.12. The van der Waals surface area contributed by atoms with Crippen LogP contribution in [0.15, 0.2) is 52.0 Å². The molecule has 0 aliphatic carbocycles. The minimum atomic E-state index is -0.274. The summed E-state index contributed by atoms with van der Waals surface area (Å²) < 4.78 is 6.21. The molecule has 0 bridgehead atoms. The number of hydrogen-bond donors (Lipinski definition) is 3. The maximum atomic E-state index is 11.7. The first kappa shape index (κ1) is 17.8. The van der Waals surface area contributed by atoms with Gasteiger partial charge in [-0.1, -0.05) is 15.9 Å². The average molecular weight is 392 g/mol. The van der Waals surface area contributed by atoms with Crippen LogP contribution >= 0.6 is 15.9 Å². The molecule has 7 heteroatoms. The number of carbonyl (C=O) groups is 1. The second-order valence-corrected chi connectivity index (χ2v) is 5.73. The van der Waals surface area contributed by atoms with Crippen molar-refractivity contribution in [3.63, 3.8) is 0 Å². The molecule has 3 N–H and O–H groups in total. The number of ether oxygens (including phenoxy) is 1. The molecule has 24 heavy (non-hydrogen) atoms. The predicted molar refractivity (Wildman–Crippen MR) is 97.6 cm³/mol. The minimum Gasteiger partial charge on any atom is -0.504 e. The fraction of sp³-hybridized carbons (Fsp3) is 0.176. The number of phenols is 1. The van der Waals surface area contributed by atoms with Gasteiger partial charge in [-0.2, -0.15) is 5.10 Å².